The van der Waals surface area contributed by atoms with Crippen LogP contribution in [0.5, 0.6) is 0 Å². The summed E-state index contributed by atoms with van der Waals surface area (Å²) in [5.74, 6) is 0. The van der Waals surface area contributed by atoms with Gasteiger partial charge in [-0.2, -0.15) is 0 Å². The van der Waals surface area contributed by atoms with Crippen LogP contribution in [0.1, 0.15) is 24.8 Å². The van der Waals surface area contributed by atoms with Crippen LogP contribution in [0.4, 0.5) is 0 Å². The van der Waals surface area contributed by atoms with Crippen molar-refractivity contribution >= 4 is 22.6 Å². The van der Waals surface area contributed by atoms with E-state index in [1.165, 1.54) is 29.3 Å². The quantitative estimate of drug-likeness (QED) is 0.476. The van der Waals surface area contributed by atoms with E-state index in [1.807, 2.05) is 12.4 Å². The molecule has 0 amide bonds. The Balaban J connectivity index is 1.99. The molecule has 0 bridgehead atoms. The van der Waals surface area contributed by atoms with Gasteiger partial charge < -0.3 is 5.32 Å². The lowest BCUT2D eigenvalue weighted by atomic mass is 10.2. The first kappa shape index (κ1) is 11.9. The molecule has 78 valence electrons. The van der Waals surface area contributed by atoms with Gasteiger partial charge in [-0.1, -0.05) is 29.0 Å². The molecule has 0 spiro atoms. The second-order valence-corrected chi connectivity index (χ2v) is 4.36. The van der Waals surface area contributed by atoms with Crippen molar-refractivity contribution in [2.24, 2.45) is 0 Å². The summed E-state index contributed by atoms with van der Waals surface area (Å²) in [6.45, 7) is 2.09. The number of aromatic nitrogens is 1. The third kappa shape index (κ3) is 5.54. The van der Waals surface area contributed by atoms with Crippen LogP contribution in [0.25, 0.3) is 0 Å². The minimum absolute atomic E-state index is 0.965. The number of alkyl halides is 1. The SMILES string of the molecule is ICCCCCNCc1ccncc1. The van der Waals surface area contributed by atoms with E-state index in [2.05, 4.69) is 45.0 Å². The number of hydrogen-bond donors (Lipinski definition) is 1. The largest absolute Gasteiger partial charge is 0.313 e. The summed E-state index contributed by atoms with van der Waals surface area (Å²) in [5.41, 5.74) is 1.31. The molecule has 0 aromatic carbocycles. The third-order valence-corrected chi connectivity index (χ3v) is 2.83. The van der Waals surface area contributed by atoms with Crippen LogP contribution >= 0.6 is 22.6 Å². The number of nitrogens with one attached hydrogen (secondary N) is 1. The average Bonchev–Trinajstić information content (AvgIpc) is 2.25. The molecule has 0 saturated heterocycles. The smallest absolute Gasteiger partial charge is 0.0271 e. The van der Waals surface area contributed by atoms with E-state index >= 15 is 0 Å². The summed E-state index contributed by atoms with van der Waals surface area (Å²) in [4.78, 5) is 3.99. The Morgan fingerprint density at radius 3 is 2.64 bits per heavy atom. The molecule has 1 N–H and O–H groups in total. The van der Waals surface area contributed by atoms with E-state index in [0.29, 0.717) is 0 Å². The lowest BCUT2D eigenvalue weighted by Gasteiger charge is -2.03. The van der Waals surface area contributed by atoms with Crippen molar-refractivity contribution in [2.45, 2.75) is 25.8 Å². The second kappa shape index (κ2) is 8.17. The Kier molecular flexibility index (Phi) is 6.95. The van der Waals surface area contributed by atoms with Crippen molar-refractivity contribution in [1.29, 1.82) is 0 Å². The molecule has 0 unspecified atom stereocenters. The number of unbranched alkanes of at least 4 members (excludes halogenated alkanes) is 2. The lowest BCUT2D eigenvalue weighted by molar-refractivity contribution is 0.620. The highest BCUT2D eigenvalue weighted by molar-refractivity contribution is 14.1. The number of pyridine rings is 1. The van der Waals surface area contributed by atoms with Gasteiger partial charge in [0.1, 0.15) is 0 Å². The van der Waals surface area contributed by atoms with Crippen LogP contribution < -0.4 is 5.32 Å². The maximum atomic E-state index is 3.99. The Bertz CT molecular complexity index is 226. The van der Waals surface area contributed by atoms with Gasteiger partial charge in [0.05, 0.1) is 0 Å². The highest BCUT2D eigenvalue weighted by Gasteiger charge is 1.91. The molecule has 0 atom stereocenters. The van der Waals surface area contributed by atoms with E-state index in [4.69, 9.17) is 0 Å². The van der Waals surface area contributed by atoms with Gasteiger partial charge in [0.25, 0.3) is 0 Å². The van der Waals surface area contributed by atoms with E-state index in [0.717, 1.165) is 13.1 Å². The van der Waals surface area contributed by atoms with E-state index in [1.54, 1.807) is 0 Å². The van der Waals surface area contributed by atoms with Crippen LogP contribution in [0, 0.1) is 0 Å². The minimum Gasteiger partial charge on any atom is -0.313 e. The van der Waals surface area contributed by atoms with Crippen molar-refractivity contribution in [2.75, 3.05) is 11.0 Å². The predicted octanol–water partition coefficient (Wildman–Crippen LogP) is 2.78. The molecular weight excluding hydrogens is 287 g/mol. The highest BCUT2D eigenvalue weighted by Crippen LogP contribution is 1.99. The number of nitrogens with zero attached hydrogens (tertiary/aromatic N) is 1. The molecule has 2 nitrogen and oxygen atoms in total. The van der Waals surface area contributed by atoms with Crippen molar-refractivity contribution < 1.29 is 0 Å². The molecule has 0 aliphatic heterocycles. The van der Waals surface area contributed by atoms with Crippen LogP contribution in [0.15, 0.2) is 24.5 Å². The van der Waals surface area contributed by atoms with Gasteiger partial charge in [0.2, 0.25) is 0 Å². The zero-order chi connectivity index (χ0) is 10.1. The first-order valence-corrected chi connectivity index (χ1v) is 6.61. The van der Waals surface area contributed by atoms with Crippen molar-refractivity contribution in [3.8, 4) is 0 Å². The Hall–Kier alpha value is -0.160. The molecule has 1 rings (SSSR count). The van der Waals surface area contributed by atoms with Gasteiger partial charge in [0.15, 0.2) is 0 Å². The van der Waals surface area contributed by atoms with Gasteiger partial charge in [-0.3, -0.25) is 4.98 Å². The molecule has 1 aromatic heterocycles. The average molecular weight is 304 g/mol. The highest BCUT2D eigenvalue weighted by atomic mass is 127. The van der Waals surface area contributed by atoms with Crippen LogP contribution in [0.3, 0.4) is 0 Å². The van der Waals surface area contributed by atoms with E-state index in [-0.39, 0.29) is 0 Å². The predicted molar refractivity (Wildman–Crippen MR) is 68.7 cm³/mol. The third-order valence-electron chi connectivity index (χ3n) is 2.07. The number of rotatable bonds is 7. The Morgan fingerprint density at radius 1 is 1.14 bits per heavy atom. The lowest BCUT2D eigenvalue weighted by Crippen LogP contribution is -2.14. The van der Waals surface area contributed by atoms with Crippen LogP contribution in [0.2, 0.25) is 0 Å². The molecule has 0 radical (unpaired) electrons. The molecular formula is C11H17IN2. The molecule has 1 aromatic rings. The van der Waals surface area contributed by atoms with E-state index < -0.39 is 0 Å². The van der Waals surface area contributed by atoms with Gasteiger partial charge in [-0.05, 0) is 41.5 Å². The minimum atomic E-state index is 0.965. The summed E-state index contributed by atoms with van der Waals surface area (Å²) in [6.07, 6.45) is 7.65. The standard InChI is InChI=1S/C11H17IN2/c12-6-2-1-3-7-14-10-11-4-8-13-9-5-11/h4-5,8-9,14H,1-3,6-7,10H2. The zero-order valence-electron chi connectivity index (χ0n) is 8.38. The van der Waals surface area contributed by atoms with Gasteiger partial charge in [0, 0.05) is 18.9 Å². The fourth-order valence-electron chi connectivity index (χ4n) is 1.25. The Labute approximate surface area is 99.7 Å². The normalized spacial score (nSPS) is 10.4. The van der Waals surface area contributed by atoms with Crippen LogP contribution in [-0.2, 0) is 6.54 Å². The van der Waals surface area contributed by atoms with Crippen LogP contribution in [-0.4, -0.2) is 16.0 Å². The summed E-state index contributed by atoms with van der Waals surface area (Å²) in [5, 5.41) is 3.43. The molecule has 0 fully saturated rings. The molecule has 14 heavy (non-hydrogen) atoms. The number of halogens is 1. The fourth-order valence-corrected chi connectivity index (χ4v) is 1.79. The molecule has 1 heterocycles. The zero-order valence-corrected chi connectivity index (χ0v) is 10.5. The maximum Gasteiger partial charge on any atom is 0.0271 e. The molecule has 0 aliphatic rings. The first-order valence-electron chi connectivity index (χ1n) is 5.09. The van der Waals surface area contributed by atoms with Gasteiger partial charge in [-0.15, -0.1) is 0 Å². The first-order chi connectivity index (χ1) is 6.93. The molecule has 0 saturated carbocycles. The van der Waals surface area contributed by atoms with Crippen molar-refractivity contribution in [3.63, 3.8) is 0 Å². The van der Waals surface area contributed by atoms with Crippen molar-refractivity contribution in [3.05, 3.63) is 30.1 Å². The fraction of sp³-hybridized carbons (Fsp3) is 0.545. The van der Waals surface area contributed by atoms with E-state index in [9.17, 15) is 0 Å². The van der Waals surface area contributed by atoms with Crippen molar-refractivity contribution in [1.82, 2.24) is 10.3 Å². The molecule has 3 heteroatoms. The summed E-state index contributed by atoms with van der Waals surface area (Å²) in [6, 6.07) is 4.11. The summed E-state index contributed by atoms with van der Waals surface area (Å²) in [7, 11) is 0. The second-order valence-electron chi connectivity index (χ2n) is 3.28. The van der Waals surface area contributed by atoms with Gasteiger partial charge in [-0.25, -0.2) is 0 Å². The topological polar surface area (TPSA) is 24.9 Å². The van der Waals surface area contributed by atoms with Gasteiger partial charge >= 0.3 is 0 Å². The summed E-state index contributed by atoms with van der Waals surface area (Å²) >= 11 is 2.43. The summed E-state index contributed by atoms with van der Waals surface area (Å²) < 4.78 is 1.28. The molecule has 0 aliphatic carbocycles. The maximum absolute atomic E-state index is 3.99. The number of hydrogen-bond acceptors (Lipinski definition) is 2. The monoisotopic (exact) mass is 304 g/mol. The Morgan fingerprint density at radius 2 is 1.93 bits per heavy atom.